The molecule has 2 heteroatoms. The molecule has 0 aromatic heterocycles. The summed E-state index contributed by atoms with van der Waals surface area (Å²) in [5, 5.41) is 7.18. The Morgan fingerprint density at radius 2 is 2.00 bits per heavy atom. The van der Waals surface area contributed by atoms with E-state index in [1.54, 1.807) is 0 Å². The molecule has 0 aliphatic rings. The van der Waals surface area contributed by atoms with E-state index in [0.29, 0.717) is 5.84 Å². The van der Waals surface area contributed by atoms with Crippen LogP contribution < -0.4 is 5.73 Å². The lowest BCUT2D eigenvalue weighted by Crippen LogP contribution is -2.30. The molecule has 0 aromatic rings. The summed E-state index contributed by atoms with van der Waals surface area (Å²) < 4.78 is 0. The maximum Gasteiger partial charge on any atom is 0.0963 e. The topological polar surface area (TPSA) is 49.9 Å². The quantitative estimate of drug-likeness (QED) is 0.441. The molecule has 0 saturated carbocycles. The summed E-state index contributed by atoms with van der Waals surface area (Å²) in [6.45, 7) is 6.10. The average Bonchev–Trinajstić information content (AvgIpc) is 1.65. The number of nitrogens with two attached hydrogens (primary N) is 1. The summed E-state index contributed by atoms with van der Waals surface area (Å²) in [7, 11) is 0. The van der Waals surface area contributed by atoms with Gasteiger partial charge in [0.15, 0.2) is 0 Å². The summed E-state index contributed by atoms with van der Waals surface area (Å²) >= 11 is 0. The Bertz CT molecular complexity index is 105. The fraction of sp³-hybridized carbons (Fsp3) is 0.857. The van der Waals surface area contributed by atoms with Gasteiger partial charge in [-0.2, -0.15) is 0 Å². The van der Waals surface area contributed by atoms with Crippen molar-refractivity contribution in [3.05, 3.63) is 0 Å². The van der Waals surface area contributed by atoms with Gasteiger partial charge in [-0.1, -0.05) is 27.2 Å². The maximum absolute atomic E-state index is 7.18. The molecule has 2 nitrogen and oxygen atoms in total. The van der Waals surface area contributed by atoms with E-state index in [-0.39, 0.29) is 5.41 Å². The van der Waals surface area contributed by atoms with Crippen molar-refractivity contribution in [2.45, 2.75) is 33.6 Å². The smallest absolute Gasteiger partial charge is 0.0963 e. The molecule has 0 radical (unpaired) electrons. The highest BCUT2D eigenvalue weighted by atomic mass is 14.7. The third-order valence-electron chi connectivity index (χ3n) is 1.60. The lowest BCUT2D eigenvalue weighted by Gasteiger charge is -2.21. The van der Waals surface area contributed by atoms with Gasteiger partial charge in [0.05, 0.1) is 5.84 Å². The molecule has 54 valence electrons. The average molecular weight is 128 g/mol. The van der Waals surface area contributed by atoms with Gasteiger partial charge in [-0.05, 0) is 6.42 Å². The summed E-state index contributed by atoms with van der Waals surface area (Å²) in [6, 6.07) is 0. The summed E-state index contributed by atoms with van der Waals surface area (Å²) in [5.41, 5.74) is 5.25. The van der Waals surface area contributed by atoms with Crippen LogP contribution in [0.4, 0.5) is 0 Å². The molecule has 0 heterocycles. The Labute approximate surface area is 57.0 Å². The van der Waals surface area contributed by atoms with E-state index in [1.807, 2.05) is 13.8 Å². The normalized spacial score (nSPS) is 11.4. The van der Waals surface area contributed by atoms with Crippen molar-refractivity contribution in [3.63, 3.8) is 0 Å². The standard InChI is InChI=1S/C7H16N2/c1-4-5-7(2,3)6(8)9/h4-5H2,1-3H3,(H3,8,9). The molecule has 0 rings (SSSR count). The first-order valence-corrected chi connectivity index (χ1v) is 3.35. The van der Waals surface area contributed by atoms with E-state index in [9.17, 15) is 0 Å². The van der Waals surface area contributed by atoms with Crippen molar-refractivity contribution in [1.29, 1.82) is 5.41 Å². The molecule has 3 N–H and O–H groups in total. The zero-order valence-corrected chi connectivity index (χ0v) is 6.49. The Hall–Kier alpha value is -0.530. The van der Waals surface area contributed by atoms with Crippen LogP contribution in [0.2, 0.25) is 0 Å². The number of amidine groups is 1. The van der Waals surface area contributed by atoms with E-state index >= 15 is 0 Å². The zero-order valence-electron chi connectivity index (χ0n) is 6.49. The van der Waals surface area contributed by atoms with Crippen molar-refractivity contribution in [3.8, 4) is 0 Å². The first-order valence-electron chi connectivity index (χ1n) is 3.35. The summed E-state index contributed by atoms with van der Waals surface area (Å²) in [5.74, 6) is 0.296. The van der Waals surface area contributed by atoms with Crippen molar-refractivity contribution >= 4 is 5.84 Å². The van der Waals surface area contributed by atoms with Crippen LogP contribution in [0.1, 0.15) is 33.6 Å². The molecule has 0 aliphatic carbocycles. The van der Waals surface area contributed by atoms with Gasteiger partial charge in [0.1, 0.15) is 0 Å². The second-order valence-electron chi connectivity index (χ2n) is 3.05. The van der Waals surface area contributed by atoms with Gasteiger partial charge < -0.3 is 5.73 Å². The lowest BCUT2D eigenvalue weighted by atomic mass is 9.87. The number of nitrogens with one attached hydrogen (secondary N) is 1. The van der Waals surface area contributed by atoms with Gasteiger partial charge in [-0.15, -0.1) is 0 Å². The Kier molecular flexibility index (Phi) is 2.68. The second-order valence-corrected chi connectivity index (χ2v) is 3.05. The SMILES string of the molecule is CCCC(C)(C)C(=N)N. The predicted molar refractivity (Wildman–Crippen MR) is 40.6 cm³/mol. The molecule has 0 fully saturated rings. The molecule has 0 unspecified atom stereocenters. The van der Waals surface area contributed by atoms with Crippen LogP contribution in [-0.2, 0) is 0 Å². The molecular formula is C7H16N2. The predicted octanol–water partition coefficient (Wildman–Crippen LogP) is 1.75. The maximum atomic E-state index is 7.18. The van der Waals surface area contributed by atoms with Gasteiger partial charge in [0.25, 0.3) is 0 Å². The Balaban J connectivity index is 3.85. The van der Waals surface area contributed by atoms with Crippen LogP contribution in [0.15, 0.2) is 0 Å². The molecular weight excluding hydrogens is 112 g/mol. The second kappa shape index (κ2) is 2.85. The van der Waals surface area contributed by atoms with Crippen LogP contribution in [0.25, 0.3) is 0 Å². The molecule has 0 aromatic carbocycles. The zero-order chi connectivity index (χ0) is 7.49. The molecule has 9 heavy (non-hydrogen) atoms. The Morgan fingerprint density at radius 3 is 2.11 bits per heavy atom. The minimum Gasteiger partial charge on any atom is -0.387 e. The summed E-state index contributed by atoms with van der Waals surface area (Å²) in [6.07, 6.45) is 2.09. The highest BCUT2D eigenvalue weighted by Gasteiger charge is 2.19. The van der Waals surface area contributed by atoms with E-state index in [2.05, 4.69) is 6.92 Å². The van der Waals surface area contributed by atoms with Crippen LogP contribution in [0, 0.1) is 10.8 Å². The molecule has 0 aliphatic heterocycles. The van der Waals surface area contributed by atoms with E-state index in [4.69, 9.17) is 11.1 Å². The third kappa shape index (κ3) is 2.49. The number of hydrogen-bond donors (Lipinski definition) is 2. The van der Waals surface area contributed by atoms with Crippen LogP contribution in [0.5, 0.6) is 0 Å². The third-order valence-corrected chi connectivity index (χ3v) is 1.60. The van der Waals surface area contributed by atoms with Gasteiger partial charge in [-0.3, -0.25) is 5.41 Å². The van der Waals surface area contributed by atoms with Crippen LogP contribution >= 0.6 is 0 Å². The number of rotatable bonds is 3. The molecule has 0 spiro atoms. The molecule has 0 atom stereocenters. The molecule has 0 amide bonds. The molecule has 0 bridgehead atoms. The van der Waals surface area contributed by atoms with E-state index in [0.717, 1.165) is 12.8 Å². The van der Waals surface area contributed by atoms with E-state index < -0.39 is 0 Å². The summed E-state index contributed by atoms with van der Waals surface area (Å²) in [4.78, 5) is 0. The van der Waals surface area contributed by atoms with Crippen molar-refractivity contribution in [2.75, 3.05) is 0 Å². The number of hydrogen-bond acceptors (Lipinski definition) is 1. The van der Waals surface area contributed by atoms with Crippen LogP contribution in [-0.4, -0.2) is 5.84 Å². The minimum atomic E-state index is -0.0885. The molecule has 0 saturated heterocycles. The first kappa shape index (κ1) is 8.47. The highest BCUT2D eigenvalue weighted by Crippen LogP contribution is 2.20. The Morgan fingerprint density at radius 1 is 1.56 bits per heavy atom. The van der Waals surface area contributed by atoms with E-state index in [1.165, 1.54) is 0 Å². The van der Waals surface area contributed by atoms with Crippen molar-refractivity contribution in [2.24, 2.45) is 11.1 Å². The monoisotopic (exact) mass is 128 g/mol. The lowest BCUT2D eigenvalue weighted by molar-refractivity contribution is 0.462. The van der Waals surface area contributed by atoms with Gasteiger partial charge >= 0.3 is 0 Å². The van der Waals surface area contributed by atoms with Crippen molar-refractivity contribution < 1.29 is 0 Å². The fourth-order valence-electron chi connectivity index (χ4n) is 0.760. The highest BCUT2D eigenvalue weighted by molar-refractivity contribution is 5.82. The van der Waals surface area contributed by atoms with Gasteiger partial charge in [-0.25, -0.2) is 0 Å². The minimum absolute atomic E-state index is 0.0885. The fourth-order valence-corrected chi connectivity index (χ4v) is 0.760. The largest absolute Gasteiger partial charge is 0.387 e. The van der Waals surface area contributed by atoms with Gasteiger partial charge in [0, 0.05) is 5.41 Å². The van der Waals surface area contributed by atoms with Gasteiger partial charge in [0.2, 0.25) is 0 Å². The first-order chi connectivity index (χ1) is 4.00. The van der Waals surface area contributed by atoms with Crippen LogP contribution in [0.3, 0.4) is 0 Å². The van der Waals surface area contributed by atoms with Crippen molar-refractivity contribution in [1.82, 2.24) is 0 Å².